The number of esters is 1. The summed E-state index contributed by atoms with van der Waals surface area (Å²) in [7, 11) is 0. The highest BCUT2D eigenvalue weighted by Gasteiger charge is 2.36. The van der Waals surface area contributed by atoms with Crippen molar-refractivity contribution in [2.45, 2.75) is 27.2 Å². The minimum Gasteiger partial charge on any atom is -0.494 e. The predicted molar refractivity (Wildman–Crippen MR) is 99.6 cm³/mol. The molecule has 0 aromatic heterocycles. The number of carbonyl (C=O) groups excluding carboxylic acids is 2. The molecule has 0 radical (unpaired) electrons. The summed E-state index contributed by atoms with van der Waals surface area (Å²) in [4.78, 5) is 26.5. The van der Waals surface area contributed by atoms with Gasteiger partial charge in [-0.1, -0.05) is 6.07 Å². The molecule has 0 spiro atoms. The molecule has 2 aromatic rings. The number of carbonyl (C=O) groups is 2. The van der Waals surface area contributed by atoms with Crippen LogP contribution in [0.3, 0.4) is 0 Å². The van der Waals surface area contributed by atoms with E-state index in [0.29, 0.717) is 18.9 Å². The third-order valence-electron chi connectivity index (χ3n) is 4.33. The standard InChI is InChI=1S/C21H23NO4/c1-4-25-18-7-5-17(6-8-18)22-13-16(12-20(22)23)21(24)26-19-10-14(2)9-15(3)11-19/h5-11,16H,4,12-13H2,1-3H3/t16-/m0/s1. The second-order valence-corrected chi connectivity index (χ2v) is 6.58. The quantitative estimate of drug-likeness (QED) is 0.608. The van der Waals surface area contributed by atoms with Crippen LogP contribution in [0.25, 0.3) is 0 Å². The summed E-state index contributed by atoms with van der Waals surface area (Å²) < 4.78 is 10.9. The Morgan fingerprint density at radius 3 is 2.35 bits per heavy atom. The molecule has 1 aliphatic rings. The normalized spacial score (nSPS) is 16.7. The topological polar surface area (TPSA) is 55.8 Å². The maximum Gasteiger partial charge on any atom is 0.316 e. The molecule has 1 fully saturated rings. The van der Waals surface area contributed by atoms with Crippen LogP contribution in [0.4, 0.5) is 5.69 Å². The fraction of sp³-hybridized carbons (Fsp3) is 0.333. The van der Waals surface area contributed by atoms with Gasteiger partial charge in [0.2, 0.25) is 5.91 Å². The number of hydrogen-bond donors (Lipinski definition) is 0. The molecule has 1 amide bonds. The molecule has 0 bridgehead atoms. The van der Waals surface area contributed by atoms with Crippen LogP contribution in [0.1, 0.15) is 24.5 Å². The Kier molecular flexibility index (Phi) is 5.26. The van der Waals surface area contributed by atoms with Crippen LogP contribution in [-0.4, -0.2) is 25.0 Å². The lowest BCUT2D eigenvalue weighted by atomic mass is 10.1. The van der Waals surface area contributed by atoms with E-state index in [-0.39, 0.29) is 18.3 Å². The zero-order chi connectivity index (χ0) is 18.7. The minimum atomic E-state index is -0.463. The van der Waals surface area contributed by atoms with E-state index < -0.39 is 5.92 Å². The SMILES string of the molecule is CCOc1ccc(N2C[C@@H](C(=O)Oc3cc(C)cc(C)c3)CC2=O)cc1. The van der Waals surface area contributed by atoms with Crippen molar-refractivity contribution in [3.63, 3.8) is 0 Å². The fourth-order valence-electron chi connectivity index (χ4n) is 3.20. The van der Waals surface area contributed by atoms with Crippen LogP contribution < -0.4 is 14.4 Å². The van der Waals surface area contributed by atoms with Crippen molar-refractivity contribution in [2.75, 3.05) is 18.1 Å². The third-order valence-corrected chi connectivity index (χ3v) is 4.33. The van der Waals surface area contributed by atoms with Crippen molar-refractivity contribution in [3.8, 4) is 11.5 Å². The number of nitrogens with zero attached hydrogens (tertiary/aromatic N) is 1. The largest absolute Gasteiger partial charge is 0.494 e. The first-order valence-electron chi connectivity index (χ1n) is 8.79. The molecule has 5 nitrogen and oxygen atoms in total. The van der Waals surface area contributed by atoms with Gasteiger partial charge in [-0.05, 0) is 68.3 Å². The van der Waals surface area contributed by atoms with Gasteiger partial charge in [-0.3, -0.25) is 9.59 Å². The van der Waals surface area contributed by atoms with Crippen LogP contribution in [0, 0.1) is 19.8 Å². The Morgan fingerprint density at radius 1 is 1.08 bits per heavy atom. The highest BCUT2D eigenvalue weighted by Crippen LogP contribution is 2.28. The van der Waals surface area contributed by atoms with Crippen LogP contribution in [0.2, 0.25) is 0 Å². The number of anilines is 1. The first-order chi connectivity index (χ1) is 12.5. The van der Waals surface area contributed by atoms with Crippen molar-refractivity contribution in [1.82, 2.24) is 0 Å². The Labute approximate surface area is 153 Å². The van der Waals surface area contributed by atoms with E-state index in [1.807, 2.05) is 63.2 Å². The van der Waals surface area contributed by atoms with Gasteiger partial charge in [-0.25, -0.2) is 0 Å². The second-order valence-electron chi connectivity index (χ2n) is 6.58. The summed E-state index contributed by atoms with van der Waals surface area (Å²) in [6, 6.07) is 13.0. The zero-order valence-electron chi connectivity index (χ0n) is 15.3. The van der Waals surface area contributed by atoms with Crippen molar-refractivity contribution in [2.24, 2.45) is 5.92 Å². The average Bonchev–Trinajstić information content (AvgIpc) is 2.97. The predicted octanol–water partition coefficient (Wildman–Crippen LogP) is 3.66. The van der Waals surface area contributed by atoms with Crippen molar-refractivity contribution >= 4 is 17.6 Å². The van der Waals surface area contributed by atoms with E-state index >= 15 is 0 Å². The molecule has 0 unspecified atom stereocenters. The van der Waals surface area contributed by atoms with Crippen LogP contribution in [-0.2, 0) is 9.59 Å². The number of benzene rings is 2. The van der Waals surface area contributed by atoms with E-state index in [0.717, 1.165) is 22.6 Å². The van der Waals surface area contributed by atoms with Gasteiger partial charge in [0.1, 0.15) is 11.5 Å². The lowest BCUT2D eigenvalue weighted by molar-refractivity contribution is -0.139. The average molecular weight is 353 g/mol. The van der Waals surface area contributed by atoms with Gasteiger partial charge in [0.25, 0.3) is 0 Å². The molecule has 1 atom stereocenters. The molecule has 0 aliphatic carbocycles. The molecule has 5 heteroatoms. The van der Waals surface area contributed by atoms with Crippen LogP contribution >= 0.6 is 0 Å². The van der Waals surface area contributed by atoms with E-state index in [2.05, 4.69) is 0 Å². The summed E-state index contributed by atoms with van der Waals surface area (Å²) in [5.74, 6) is 0.386. The van der Waals surface area contributed by atoms with Crippen LogP contribution in [0.15, 0.2) is 42.5 Å². The number of aryl methyl sites for hydroxylation is 2. The molecule has 1 heterocycles. The fourth-order valence-corrected chi connectivity index (χ4v) is 3.20. The molecule has 26 heavy (non-hydrogen) atoms. The summed E-state index contributed by atoms with van der Waals surface area (Å²) in [6.07, 6.45) is 0.164. The molecular weight excluding hydrogens is 330 g/mol. The third kappa shape index (κ3) is 4.04. The molecule has 2 aromatic carbocycles. The summed E-state index contributed by atoms with van der Waals surface area (Å²) in [5, 5.41) is 0. The van der Waals surface area contributed by atoms with Crippen molar-refractivity contribution in [1.29, 1.82) is 0 Å². The molecular formula is C21H23NO4. The zero-order valence-corrected chi connectivity index (χ0v) is 15.3. The summed E-state index contributed by atoms with van der Waals surface area (Å²) >= 11 is 0. The van der Waals surface area contributed by atoms with Gasteiger partial charge in [-0.15, -0.1) is 0 Å². The lowest BCUT2D eigenvalue weighted by Gasteiger charge is -2.17. The Balaban J connectivity index is 1.67. The summed E-state index contributed by atoms with van der Waals surface area (Å²) in [5.41, 5.74) is 2.83. The highest BCUT2D eigenvalue weighted by molar-refractivity contribution is 5.99. The smallest absolute Gasteiger partial charge is 0.316 e. The number of rotatable bonds is 5. The Bertz CT molecular complexity index is 793. The van der Waals surface area contributed by atoms with E-state index in [1.165, 1.54) is 0 Å². The lowest BCUT2D eigenvalue weighted by Crippen LogP contribution is -2.27. The number of ether oxygens (including phenoxy) is 2. The Morgan fingerprint density at radius 2 is 1.73 bits per heavy atom. The molecule has 136 valence electrons. The summed E-state index contributed by atoms with van der Waals surface area (Å²) in [6.45, 7) is 6.75. The maximum atomic E-state index is 12.5. The first kappa shape index (κ1) is 18.0. The molecule has 1 aliphatic heterocycles. The second kappa shape index (κ2) is 7.60. The minimum absolute atomic E-state index is 0.0727. The monoisotopic (exact) mass is 353 g/mol. The van der Waals surface area contributed by atoms with E-state index in [1.54, 1.807) is 4.90 Å². The van der Waals surface area contributed by atoms with Gasteiger partial charge < -0.3 is 14.4 Å². The molecule has 3 rings (SSSR count). The van der Waals surface area contributed by atoms with Gasteiger partial charge in [0.15, 0.2) is 0 Å². The van der Waals surface area contributed by atoms with Gasteiger partial charge in [-0.2, -0.15) is 0 Å². The van der Waals surface area contributed by atoms with E-state index in [9.17, 15) is 9.59 Å². The van der Waals surface area contributed by atoms with Gasteiger partial charge in [0, 0.05) is 18.7 Å². The van der Waals surface area contributed by atoms with Crippen molar-refractivity contribution in [3.05, 3.63) is 53.6 Å². The highest BCUT2D eigenvalue weighted by atomic mass is 16.5. The first-order valence-corrected chi connectivity index (χ1v) is 8.79. The maximum absolute atomic E-state index is 12.5. The number of amides is 1. The Hall–Kier alpha value is -2.82. The van der Waals surface area contributed by atoms with Gasteiger partial charge in [0.05, 0.1) is 12.5 Å². The molecule has 0 saturated carbocycles. The van der Waals surface area contributed by atoms with Crippen molar-refractivity contribution < 1.29 is 19.1 Å². The number of hydrogen-bond acceptors (Lipinski definition) is 4. The van der Waals surface area contributed by atoms with Gasteiger partial charge >= 0.3 is 5.97 Å². The molecule has 0 N–H and O–H groups in total. The van der Waals surface area contributed by atoms with E-state index in [4.69, 9.17) is 9.47 Å². The molecule has 1 saturated heterocycles. The van der Waals surface area contributed by atoms with Crippen LogP contribution in [0.5, 0.6) is 11.5 Å².